The van der Waals surface area contributed by atoms with Crippen LogP contribution in [0.5, 0.6) is 0 Å². The summed E-state index contributed by atoms with van der Waals surface area (Å²) in [5, 5.41) is 0. The van der Waals surface area contributed by atoms with Crippen LogP contribution in [0.1, 0.15) is 46.2 Å². The first-order chi connectivity index (χ1) is 13.2. The van der Waals surface area contributed by atoms with Gasteiger partial charge in [0.25, 0.3) is 0 Å². The Bertz CT molecular complexity index is 915. The number of sulfonamides is 1. The lowest BCUT2D eigenvalue weighted by Gasteiger charge is -2.32. The van der Waals surface area contributed by atoms with Crippen molar-refractivity contribution >= 4 is 10.0 Å². The molecule has 1 aliphatic rings. The SMILES string of the molecule is Cc1c(C)c(C)c(S(=O)(=O)NC2CCN(Cc3ccccc3)CC2)c(C)c1C. The summed E-state index contributed by atoms with van der Waals surface area (Å²) < 4.78 is 29.4. The van der Waals surface area contributed by atoms with Crippen molar-refractivity contribution in [3.8, 4) is 0 Å². The summed E-state index contributed by atoms with van der Waals surface area (Å²) in [7, 11) is -3.53. The molecular weight excluding hydrogens is 368 g/mol. The molecular formula is C23H32N2O2S. The van der Waals surface area contributed by atoms with Crippen LogP contribution >= 0.6 is 0 Å². The van der Waals surface area contributed by atoms with Gasteiger partial charge in [0.05, 0.1) is 4.90 Å². The molecule has 0 spiro atoms. The first-order valence-electron chi connectivity index (χ1n) is 10.1. The van der Waals surface area contributed by atoms with Crippen LogP contribution in [0.4, 0.5) is 0 Å². The molecule has 0 saturated carbocycles. The van der Waals surface area contributed by atoms with Crippen LogP contribution < -0.4 is 4.72 Å². The second-order valence-corrected chi connectivity index (χ2v) is 9.76. The Kier molecular flexibility index (Phi) is 6.28. The summed E-state index contributed by atoms with van der Waals surface area (Å²) >= 11 is 0. The van der Waals surface area contributed by atoms with Crippen molar-refractivity contribution in [3.63, 3.8) is 0 Å². The zero-order valence-corrected chi connectivity index (χ0v) is 18.5. The number of piperidine rings is 1. The van der Waals surface area contributed by atoms with Crippen molar-refractivity contribution in [1.82, 2.24) is 9.62 Å². The highest BCUT2D eigenvalue weighted by Crippen LogP contribution is 2.30. The number of nitrogens with zero attached hydrogens (tertiary/aromatic N) is 1. The molecule has 0 atom stereocenters. The standard InChI is InChI=1S/C23H32N2O2S/c1-16-17(2)19(4)23(20(5)18(16)3)28(26,27)24-22-11-13-25(14-12-22)15-21-9-7-6-8-10-21/h6-10,22,24H,11-15H2,1-5H3. The molecule has 1 fully saturated rings. The monoisotopic (exact) mass is 400 g/mol. The summed E-state index contributed by atoms with van der Waals surface area (Å²) in [5.41, 5.74) is 6.37. The fourth-order valence-corrected chi connectivity index (χ4v) is 6.10. The van der Waals surface area contributed by atoms with Gasteiger partial charge in [0.1, 0.15) is 0 Å². The van der Waals surface area contributed by atoms with E-state index in [1.165, 1.54) is 11.1 Å². The number of hydrogen-bond donors (Lipinski definition) is 1. The maximum Gasteiger partial charge on any atom is 0.241 e. The van der Waals surface area contributed by atoms with Gasteiger partial charge in [-0.3, -0.25) is 4.90 Å². The number of nitrogens with one attached hydrogen (secondary N) is 1. The number of hydrogen-bond acceptors (Lipinski definition) is 3. The predicted octanol–water partition coefficient (Wildman–Crippen LogP) is 4.17. The molecule has 0 aromatic heterocycles. The van der Waals surface area contributed by atoms with E-state index in [-0.39, 0.29) is 6.04 Å². The Labute approximate surface area is 170 Å². The third-order valence-corrected chi connectivity index (χ3v) is 8.15. The molecule has 1 aliphatic heterocycles. The van der Waals surface area contributed by atoms with Crippen LogP contribution in [0.25, 0.3) is 0 Å². The summed E-state index contributed by atoms with van der Waals surface area (Å²) in [6, 6.07) is 10.4. The van der Waals surface area contributed by atoms with E-state index in [2.05, 4.69) is 40.8 Å². The van der Waals surface area contributed by atoms with Crippen LogP contribution in [0.15, 0.2) is 35.2 Å². The van der Waals surface area contributed by atoms with Gasteiger partial charge in [0, 0.05) is 25.7 Å². The average Bonchev–Trinajstić information content (AvgIpc) is 2.67. The maximum absolute atomic E-state index is 13.2. The minimum Gasteiger partial charge on any atom is -0.299 e. The molecule has 2 aromatic rings. The van der Waals surface area contributed by atoms with Gasteiger partial charge in [-0.1, -0.05) is 30.3 Å². The molecule has 1 heterocycles. The van der Waals surface area contributed by atoms with Gasteiger partial charge in [-0.25, -0.2) is 13.1 Å². The Hall–Kier alpha value is -1.69. The smallest absolute Gasteiger partial charge is 0.241 e. The Morgan fingerprint density at radius 2 is 1.36 bits per heavy atom. The van der Waals surface area contributed by atoms with E-state index in [0.29, 0.717) is 4.90 Å². The van der Waals surface area contributed by atoms with Crippen LogP contribution in [-0.4, -0.2) is 32.4 Å². The highest BCUT2D eigenvalue weighted by Gasteiger charge is 2.28. The van der Waals surface area contributed by atoms with Crippen LogP contribution in [0.3, 0.4) is 0 Å². The van der Waals surface area contributed by atoms with Crippen molar-refractivity contribution in [3.05, 3.63) is 63.7 Å². The topological polar surface area (TPSA) is 49.4 Å². The van der Waals surface area contributed by atoms with E-state index in [0.717, 1.165) is 54.7 Å². The van der Waals surface area contributed by atoms with Gasteiger partial charge in [-0.2, -0.15) is 0 Å². The second-order valence-electron chi connectivity index (χ2n) is 8.11. The average molecular weight is 401 g/mol. The van der Waals surface area contributed by atoms with E-state index in [4.69, 9.17) is 0 Å². The molecule has 1 N–H and O–H groups in total. The van der Waals surface area contributed by atoms with Gasteiger partial charge < -0.3 is 0 Å². The van der Waals surface area contributed by atoms with Gasteiger partial charge in [0.15, 0.2) is 0 Å². The fraction of sp³-hybridized carbons (Fsp3) is 0.478. The number of benzene rings is 2. The lowest BCUT2D eigenvalue weighted by Crippen LogP contribution is -2.44. The highest BCUT2D eigenvalue weighted by atomic mass is 32.2. The molecule has 3 rings (SSSR count). The van der Waals surface area contributed by atoms with Crippen molar-refractivity contribution in [2.75, 3.05) is 13.1 Å². The summed E-state index contributed by atoms with van der Waals surface area (Å²) in [5.74, 6) is 0. The Balaban J connectivity index is 1.70. The lowest BCUT2D eigenvalue weighted by atomic mass is 9.95. The fourth-order valence-electron chi connectivity index (χ4n) is 4.20. The maximum atomic E-state index is 13.2. The zero-order chi connectivity index (χ0) is 20.5. The molecule has 0 unspecified atom stereocenters. The second kappa shape index (κ2) is 8.36. The van der Waals surface area contributed by atoms with Crippen LogP contribution in [-0.2, 0) is 16.6 Å². The highest BCUT2D eigenvalue weighted by molar-refractivity contribution is 7.89. The van der Waals surface area contributed by atoms with E-state index in [1.54, 1.807) is 0 Å². The van der Waals surface area contributed by atoms with Crippen LogP contribution in [0.2, 0.25) is 0 Å². The Morgan fingerprint density at radius 3 is 1.89 bits per heavy atom. The first-order valence-corrected chi connectivity index (χ1v) is 11.5. The summed E-state index contributed by atoms with van der Waals surface area (Å²) in [6.45, 7) is 12.7. The molecule has 0 amide bonds. The van der Waals surface area contributed by atoms with Crippen molar-refractivity contribution in [1.29, 1.82) is 0 Å². The molecule has 28 heavy (non-hydrogen) atoms. The molecule has 5 heteroatoms. The van der Waals surface area contributed by atoms with Crippen molar-refractivity contribution in [2.45, 2.75) is 64.9 Å². The lowest BCUT2D eigenvalue weighted by molar-refractivity contribution is 0.200. The largest absolute Gasteiger partial charge is 0.299 e. The van der Waals surface area contributed by atoms with E-state index < -0.39 is 10.0 Å². The molecule has 2 aromatic carbocycles. The molecule has 152 valence electrons. The van der Waals surface area contributed by atoms with Gasteiger partial charge >= 0.3 is 0 Å². The molecule has 1 saturated heterocycles. The van der Waals surface area contributed by atoms with E-state index in [9.17, 15) is 8.42 Å². The predicted molar refractivity (Wildman–Crippen MR) is 115 cm³/mol. The molecule has 0 aliphatic carbocycles. The minimum atomic E-state index is -3.53. The summed E-state index contributed by atoms with van der Waals surface area (Å²) in [6.07, 6.45) is 1.68. The third-order valence-electron chi connectivity index (χ3n) is 6.36. The van der Waals surface area contributed by atoms with Gasteiger partial charge in [-0.15, -0.1) is 0 Å². The summed E-state index contributed by atoms with van der Waals surface area (Å²) in [4.78, 5) is 2.87. The van der Waals surface area contributed by atoms with E-state index in [1.807, 2.05) is 33.8 Å². The molecule has 4 nitrogen and oxygen atoms in total. The quantitative estimate of drug-likeness (QED) is 0.819. The Morgan fingerprint density at radius 1 is 0.857 bits per heavy atom. The van der Waals surface area contributed by atoms with Crippen molar-refractivity contribution in [2.24, 2.45) is 0 Å². The minimum absolute atomic E-state index is 0.00209. The third kappa shape index (κ3) is 4.32. The van der Waals surface area contributed by atoms with Gasteiger partial charge in [-0.05, 0) is 80.8 Å². The number of rotatable bonds is 5. The molecule has 0 radical (unpaired) electrons. The first kappa shape index (κ1) is 21.0. The molecule has 0 bridgehead atoms. The van der Waals surface area contributed by atoms with Gasteiger partial charge in [0.2, 0.25) is 10.0 Å². The van der Waals surface area contributed by atoms with Crippen molar-refractivity contribution < 1.29 is 8.42 Å². The van der Waals surface area contributed by atoms with Crippen LogP contribution in [0, 0.1) is 34.6 Å². The normalized spacial score (nSPS) is 16.5. The number of likely N-dealkylation sites (tertiary alicyclic amines) is 1. The zero-order valence-electron chi connectivity index (χ0n) is 17.7. The van der Waals surface area contributed by atoms with E-state index >= 15 is 0 Å².